The minimum Gasteiger partial charge on any atom is -0.396 e. The highest BCUT2D eigenvalue weighted by Crippen LogP contribution is 2.52. The average Bonchev–Trinajstić information content (AvgIpc) is 3.30. The Hall–Kier alpha value is -1.73. The molecule has 0 aromatic rings. The van der Waals surface area contributed by atoms with E-state index in [1.54, 1.807) is 0 Å². The zero-order valence-electron chi connectivity index (χ0n) is 18.6. The zero-order chi connectivity index (χ0) is 22.1. The summed E-state index contributed by atoms with van der Waals surface area (Å²) in [6.45, 7) is 8.65. The first-order chi connectivity index (χ1) is 14.0. The Morgan fingerprint density at radius 2 is 1.73 bits per heavy atom. The largest absolute Gasteiger partial charge is 0.396 e. The van der Waals surface area contributed by atoms with Crippen LogP contribution in [0.5, 0.6) is 0 Å². The molecule has 30 heavy (non-hydrogen) atoms. The van der Waals surface area contributed by atoms with Gasteiger partial charge >= 0.3 is 0 Å². The number of nitrogens with zero attached hydrogens (tertiary/aromatic N) is 1. The summed E-state index contributed by atoms with van der Waals surface area (Å²) in [6, 6.07) is 0. The highest BCUT2D eigenvalue weighted by molar-refractivity contribution is 6.06. The van der Waals surface area contributed by atoms with Crippen molar-refractivity contribution in [2.45, 2.75) is 70.9 Å². The van der Waals surface area contributed by atoms with Crippen LogP contribution in [-0.4, -0.2) is 58.6 Å². The number of hydrogen-bond acceptors (Lipinski definition) is 5. The van der Waals surface area contributed by atoms with Crippen LogP contribution < -0.4 is 5.32 Å². The lowest BCUT2D eigenvalue weighted by atomic mass is 9.85. The van der Waals surface area contributed by atoms with E-state index in [9.17, 15) is 14.4 Å². The van der Waals surface area contributed by atoms with E-state index < -0.39 is 11.1 Å². The molecule has 0 radical (unpaired) electrons. The Morgan fingerprint density at radius 1 is 1.13 bits per heavy atom. The molecule has 2 unspecified atom stereocenters. The third kappa shape index (κ3) is 4.94. The van der Waals surface area contributed by atoms with Gasteiger partial charge in [0.15, 0.2) is 0 Å². The van der Waals surface area contributed by atoms with Gasteiger partial charge in [-0.15, -0.1) is 0 Å². The lowest BCUT2D eigenvalue weighted by molar-refractivity contribution is -0.141. The Balaban J connectivity index is 1.39. The van der Waals surface area contributed by atoms with Crippen LogP contribution in [0.2, 0.25) is 0 Å². The van der Waals surface area contributed by atoms with Gasteiger partial charge < -0.3 is 15.2 Å². The Bertz CT molecular complexity index is 684. The second-order valence-electron chi connectivity index (χ2n) is 10.2. The van der Waals surface area contributed by atoms with Crippen molar-refractivity contribution in [1.82, 2.24) is 10.2 Å². The maximum absolute atomic E-state index is 12.7. The van der Waals surface area contributed by atoms with Crippen molar-refractivity contribution in [3.63, 3.8) is 0 Å². The van der Waals surface area contributed by atoms with Crippen LogP contribution in [0.3, 0.4) is 0 Å². The molecule has 3 amide bonds. The summed E-state index contributed by atoms with van der Waals surface area (Å²) >= 11 is 0. The van der Waals surface area contributed by atoms with Gasteiger partial charge in [-0.1, -0.05) is 12.2 Å². The van der Waals surface area contributed by atoms with Gasteiger partial charge in [0.05, 0.1) is 17.4 Å². The second kappa shape index (κ2) is 8.79. The molecule has 0 aromatic carbocycles. The number of allylic oxidation sites excluding steroid dienone is 2. The molecule has 1 aliphatic heterocycles. The predicted octanol–water partition coefficient (Wildman–Crippen LogP) is 2.04. The van der Waals surface area contributed by atoms with Gasteiger partial charge in [-0.25, -0.2) is 0 Å². The van der Waals surface area contributed by atoms with Crippen molar-refractivity contribution in [3.8, 4) is 0 Å². The van der Waals surface area contributed by atoms with Gasteiger partial charge in [0.2, 0.25) is 17.7 Å². The number of carbonyl (C=O) groups excluding carboxylic acids is 3. The maximum Gasteiger partial charge on any atom is 0.233 e. The molecule has 1 saturated heterocycles. The second-order valence-corrected chi connectivity index (χ2v) is 10.2. The molecule has 2 aliphatic carbocycles. The van der Waals surface area contributed by atoms with Gasteiger partial charge in [0, 0.05) is 31.7 Å². The van der Waals surface area contributed by atoms with Gasteiger partial charge in [-0.05, 0) is 65.2 Å². The summed E-state index contributed by atoms with van der Waals surface area (Å²) in [7, 11) is 0. The predicted molar refractivity (Wildman–Crippen MR) is 112 cm³/mol. The van der Waals surface area contributed by atoms with Crippen LogP contribution >= 0.6 is 0 Å². The lowest BCUT2D eigenvalue weighted by Gasteiger charge is -2.30. The lowest BCUT2D eigenvalue weighted by Crippen LogP contribution is -2.45. The number of fused-ring (bicyclic) bond motifs is 5. The van der Waals surface area contributed by atoms with Crippen molar-refractivity contribution >= 4 is 17.7 Å². The number of ether oxygens (including phenoxy) is 1. The number of nitrogens with one attached hydrogen (secondary N) is 1. The Morgan fingerprint density at radius 3 is 2.30 bits per heavy atom. The molecular formula is C23H36N2O5. The number of aliphatic hydroxyl groups is 1. The highest BCUT2D eigenvalue weighted by atomic mass is 16.5. The summed E-state index contributed by atoms with van der Waals surface area (Å²) in [6.07, 6.45) is 7.07. The van der Waals surface area contributed by atoms with Crippen LogP contribution in [0.4, 0.5) is 0 Å². The number of aliphatic hydroxyl groups excluding tert-OH is 1. The van der Waals surface area contributed by atoms with E-state index in [-0.39, 0.29) is 54.4 Å². The fourth-order valence-electron chi connectivity index (χ4n) is 5.01. The van der Waals surface area contributed by atoms with Crippen LogP contribution in [0.1, 0.15) is 59.8 Å². The molecule has 4 atom stereocenters. The fraction of sp³-hybridized carbons (Fsp3) is 0.783. The molecule has 3 rings (SSSR count). The van der Waals surface area contributed by atoms with Crippen molar-refractivity contribution in [2.24, 2.45) is 23.7 Å². The SMILES string of the molecule is CC(C)(CCOC(C)(C)CCO)NC(=O)CCCN1C(=O)[C@@H]2C3C=CC(C3)[C@@H]2C1=O. The van der Waals surface area contributed by atoms with Crippen molar-refractivity contribution < 1.29 is 24.2 Å². The minimum absolute atomic E-state index is 0.0507. The summed E-state index contributed by atoms with van der Waals surface area (Å²) in [5.41, 5.74) is -0.815. The highest BCUT2D eigenvalue weighted by Gasteiger charge is 2.58. The summed E-state index contributed by atoms with van der Waals surface area (Å²) in [4.78, 5) is 39.1. The molecule has 3 aliphatic rings. The van der Waals surface area contributed by atoms with E-state index in [1.807, 2.05) is 27.7 Å². The minimum atomic E-state index is -0.423. The van der Waals surface area contributed by atoms with Gasteiger partial charge in [-0.2, -0.15) is 0 Å². The summed E-state index contributed by atoms with van der Waals surface area (Å²) in [5.74, 6) is -0.0953. The van der Waals surface area contributed by atoms with Crippen LogP contribution in [0.25, 0.3) is 0 Å². The number of likely N-dealkylation sites (tertiary alicyclic amines) is 1. The van der Waals surface area contributed by atoms with Gasteiger partial charge in [-0.3, -0.25) is 19.3 Å². The van der Waals surface area contributed by atoms with E-state index >= 15 is 0 Å². The molecule has 7 heteroatoms. The number of rotatable bonds is 11. The van der Waals surface area contributed by atoms with E-state index in [4.69, 9.17) is 9.84 Å². The molecule has 0 spiro atoms. The number of amides is 3. The van der Waals surface area contributed by atoms with E-state index in [0.717, 1.165) is 6.42 Å². The number of carbonyl (C=O) groups is 3. The Labute approximate surface area is 179 Å². The third-order valence-corrected chi connectivity index (χ3v) is 6.76. The summed E-state index contributed by atoms with van der Waals surface area (Å²) < 4.78 is 5.82. The quantitative estimate of drug-likeness (QED) is 0.394. The van der Waals surface area contributed by atoms with Crippen molar-refractivity contribution in [1.29, 1.82) is 0 Å². The summed E-state index contributed by atoms with van der Waals surface area (Å²) in [5, 5.41) is 12.1. The molecule has 168 valence electrons. The Kier molecular flexibility index (Phi) is 6.72. The number of hydrogen-bond donors (Lipinski definition) is 2. The standard InChI is InChI=1S/C23H36N2O5/c1-22(2,10-13-30-23(3,4)9-12-26)24-17(27)6-5-11-25-20(28)18-15-7-8-16(14-15)19(18)21(25)29/h7-8,15-16,18-19,26H,5-6,9-14H2,1-4H3,(H,24,27)/t15?,16?,18-,19+. The van der Waals surface area contributed by atoms with Crippen LogP contribution in [-0.2, 0) is 19.1 Å². The first-order valence-electron chi connectivity index (χ1n) is 11.1. The van der Waals surface area contributed by atoms with Crippen molar-refractivity contribution in [2.75, 3.05) is 19.8 Å². The maximum atomic E-state index is 12.7. The first-order valence-corrected chi connectivity index (χ1v) is 11.1. The molecule has 0 aromatic heterocycles. The topological polar surface area (TPSA) is 95.9 Å². The first kappa shape index (κ1) is 22.9. The fourth-order valence-corrected chi connectivity index (χ4v) is 5.01. The van der Waals surface area contributed by atoms with Crippen LogP contribution in [0.15, 0.2) is 12.2 Å². The monoisotopic (exact) mass is 420 g/mol. The van der Waals surface area contributed by atoms with E-state index in [0.29, 0.717) is 32.4 Å². The molecule has 2 N–H and O–H groups in total. The van der Waals surface area contributed by atoms with E-state index in [1.165, 1.54) is 4.90 Å². The molecule has 7 nitrogen and oxygen atoms in total. The van der Waals surface area contributed by atoms with Crippen LogP contribution in [0, 0.1) is 23.7 Å². The molecule has 1 saturated carbocycles. The van der Waals surface area contributed by atoms with Crippen molar-refractivity contribution in [3.05, 3.63) is 12.2 Å². The average molecular weight is 421 g/mol. The zero-order valence-corrected chi connectivity index (χ0v) is 18.6. The molecule has 2 bridgehead atoms. The number of imide groups is 1. The third-order valence-electron chi connectivity index (χ3n) is 6.76. The van der Waals surface area contributed by atoms with Gasteiger partial charge in [0.25, 0.3) is 0 Å². The molecular weight excluding hydrogens is 384 g/mol. The van der Waals surface area contributed by atoms with E-state index in [2.05, 4.69) is 17.5 Å². The normalized spacial score (nSPS) is 27.8. The molecule has 1 heterocycles. The van der Waals surface area contributed by atoms with Gasteiger partial charge in [0.1, 0.15) is 0 Å². The smallest absolute Gasteiger partial charge is 0.233 e. The molecule has 2 fully saturated rings.